The van der Waals surface area contributed by atoms with Crippen molar-refractivity contribution in [3.8, 4) is 0 Å². The summed E-state index contributed by atoms with van der Waals surface area (Å²) in [5.74, 6) is -0.404. The van der Waals surface area contributed by atoms with Crippen molar-refractivity contribution in [2.75, 3.05) is 39.8 Å². The average molecular weight is 283 g/mol. The zero-order chi connectivity index (χ0) is 14.5. The fourth-order valence-electron chi connectivity index (χ4n) is 3.36. The third-order valence-corrected chi connectivity index (χ3v) is 4.58. The van der Waals surface area contributed by atoms with Gasteiger partial charge in [-0.15, -0.1) is 0 Å². The maximum atomic E-state index is 11.6. The Morgan fingerprint density at radius 3 is 2.20 bits per heavy atom. The zero-order valence-electron chi connectivity index (χ0n) is 12.2. The van der Waals surface area contributed by atoms with Crippen molar-refractivity contribution in [2.45, 2.75) is 31.7 Å². The van der Waals surface area contributed by atoms with Gasteiger partial charge in [-0.1, -0.05) is 0 Å². The number of hydrogen-bond acceptors (Lipinski definition) is 4. The first kappa shape index (κ1) is 15.3. The summed E-state index contributed by atoms with van der Waals surface area (Å²) in [6.07, 6.45) is 3.96. The highest BCUT2D eigenvalue weighted by molar-refractivity contribution is 5.78. The smallest absolute Gasteiger partial charge is 0.317 e. The number of carboxylic acid groups (broad SMARTS) is 1. The molecule has 0 saturated carbocycles. The van der Waals surface area contributed by atoms with Crippen LogP contribution in [0.5, 0.6) is 0 Å². The molecule has 114 valence electrons. The molecule has 0 unspecified atom stereocenters. The monoisotopic (exact) mass is 283 g/mol. The minimum Gasteiger partial charge on any atom is -0.480 e. The van der Waals surface area contributed by atoms with Crippen LogP contribution in [-0.2, 0) is 9.59 Å². The van der Waals surface area contributed by atoms with Gasteiger partial charge in [0, 0.05) is 32.1 Å². The second-order valence-corrected chi connectivity index (χ2v) is 5.83. The highest BCUT2D eigenvalue weighted by Crippen LogP contribution is 2.23. The third kappa shape index (κ3) is 3.93. The fraction of sp³-hybridized carbons (Fsp3) is 0.857. The number of nitrogens with one attached hydrogen (secondary N) is 1. The second-order valence-electron chi connectivity index (χ2n) is 5.83. The first-order chi connectivity index (χ1) is 9.60. The lowest BCUT2D eigenvalue weighted by Crippen LogP contribution is -2.49. The van der Waals surface area contributed by atoms with Crippen molar-refractivity contribution in [1.82, 2.24) is 15.1 Å². The van der Waals surface area contributed by atoms with E-state index in [0.717, 1.165) is 51.9 Å². The molecule has 2 saturated heterocycles. The van der Waals surface area contributed by atoms with E-state index >= 15 is 0 Å². The molecule has 6 nitrogen and oxygen atoms in total. The molecule has 2 aliphatic rings. The van der Waals surface area contributed by atoms with Crippen molar-refractivity contribution >= 4 is 11.9 Å². The molecule has 0 aromatic rings. The molecule has 2 heterocycles. The van der Waals surface area contributed by atoms with E-state index in [4.69, 9.17) is 5.11 Å². The molecule has 0 aromatic heterocycles. The van der Waals surface area contributed by atoms with E-state index in [1.165, 1.54) is 0 Å². The topological polar surface area (TPSA) is 72.9 Å². The summed E-state index contributed by atoms with van der Waals surface area (Å²) in [6.45, 7) is 3.87. The Morgan fingerprint density at radius 1 is 1.10 bits per heavy atom. The predicted octanol–water partition coefficient (Wildman–Crippen LogP) is -0.00660. The number of hydrogen-bond donors (Lipinski definition) is 2. The van der Waals surface area contributed by atoms with Crippen LogP contribution in [0.1, 0.15) is 25.7 Å². The van der Waals surface area contributed by atoms with E-state index in [-0.39, 0.29) is 18.4 Å². The van der Waals surface area contributed by atoms with Crippen LogP contribution in [0.25, 0.3) is 0 Å². The lowest BCUT2D eigenvalue weighted by Gasteiger charge is -2.41. The predicted molar refractivity (Wildman–Crippen MR) is 75.5 cm³/mol. The van der Waals surface area contributed by atoms with Crippen LogP contribution < -0.4 is 5.32 Å². The van der Waals surface area contributed by atoms with E-state index < -0.39 is 5.97 Å². The van der Waals surface area contributed by atoms with Gasteiger partial charge in [0.2, 0.25) is 5.91 Å². The summed E-state index contributed by atoms with van der Waals surface area (Å²) in [4.78, 5) is 26.8. The molecule has 0 radical (unpaired) electrons. The van der Waals surface area contributed by atoms with Crippen LogP contribution in [0.4, 0.5) is 0 Å². The highest BCUT2D eigenvalue weighted by Gasteiger charge is 2.30. The maximum absolute atomic E-state index is 11.6. The van der Waals surface area contributed by atoms with Gasteiger partial charge >= 0.3 is 5.97 Å². The maximum Gasteiger partial charge on any atom is 0.317 e. The molecule has 0 aromatic carbocycles. The lowest BCUT2D eigenvalue weighted by atomic mass is 9.93. The summed E-state index contributed by atoms with van der Waals surface area (Å²) in [6, 6.07) is 0.561. The molecule has 0 spiro atoms. The zero-order valence-corrected chi connectivity index (χ0v) is 12.2. The molecule has 0 bridgehead atoms. The van der Waals surface area contributed by atoms with Gasteiger partial charge in [-0.25, -0.2) is 0 Å². The summed E-state index contributed by atoms with van der Waals surface area (Å²) < 4.78 is 0. The molecular weight excluding hydrogens is 258 g/mol. The van der Waals surface area contributed by atoms with E-state index in [2.05, 4.69) is 10.2 Å². The van der Waals surface area contributed by atoms with Crippen LogP contribution in [0.3, 0.4) is 0 Å². The average Bonchev–Trinajstić information content (AvgIpc) is 2.47. The number of likely N-dealkylation sites (tertiary alicyclic amines) is 2. The van der Waals surface area contributed by atoms with Gasteiger partial charge in [0.1, 0.15) is 0 Å². The molecule has 20 heavy (non-hydrogen) atoms. The Balaban J connectivity index is 1.73. The normalized spacial score (nSPS) is 23.6. The number of nitrogens with zero attached hydrogens (tertiary/aromatic N) is 2. The number of amides is 1. The quantitative estimate of drug-likeness (QED) is 0.759. The minimum atomic E-state index is -0.741. The van der Waals surface area contributed by atoms with Crippen molar-refractivity contribution in [3.63, 3.8) is 0 Å². The van der Waals surface area contributed by atoms with Gasteiger partial charge in [0.05, 0.1) is 6.54 Å². The summed E-state index contributed by atoms with van der Waals surface area (Å²) in [7, 11) is 1.70. The first-order valence-electron chi connectivity index (χ1n) is 7.50. The summed E-state index contributed by atoms with van der Waals surface area (Å²) in [5.41, 5.74) is 0. The number of rotatable bonds is 4. The van der Waals surface area contributed by atoms with Crippen LogP contribution in [0.15, 0.2) is 0 Å². The van der Waals surface area contributed by atoms with E-state index in [9.17, 15) is 9.59 Å². The van der Waals surface area contributed by atoms with Crippen molar-refractivity contribution in [1.29, 1.82) is 0 Å². The van der Waals surface area contributed by atoms with E-state index in [1.54, 1.807) is 7.05 Å². The largest absolute Gasteiger partial charge is 0.480 e. The van der Waals surface area contributed by atoms with Crippen molar-refractivity contribution in [2.24, 2.45) is 5.92 Å². The molecule has 2 rings (SSSR count). The summed E-state index contributed by atoms with van der Waals surface area (Å²) >= 11 is 0. The Hall–Kier alpha value is -1.14. The number of aliphatic carboxylic acids is 1. The Bertz CT molecular complexity index is 346. The van der Waals surface area contributed by atoms with Crippen LogP contribution in [-0.4, -0.2) is 72.6 Å². The second kappa shape index (κ2) is 7.04. The Morgan fingerprint density at radius 2 is 1.70 bits per heavy atom. The first-order valence-corrected chi connectivity index (χ1v) is 7.50. The van der Waals surface area contributed by atoms with Gasteiger partial charge < -0.3 is 15.3 Å². The van der Waals surface area contributed by atoms with Crippen molar-refractivity contribution < 1.29 is 14.7 Å². The molecule has 2 fully saturated rings. The highest BCUT2D eigenvalue weighted by atomic mass is 16.4. The third-order valence-electron chi connectivity index (χ3n) is 4.58. The number of piperidine rings is 2. The standard InChI is InChI=1S/C14H25N3O3/c1-15-14(20)11-2-8-17(9-3-11)12-4-6-16(7-5-12)10-13(18)19/h11-12H,2-10H2,1H3,(H,15,20)(H,18,19). The molecule has 1 amide bonds. The van der Waals surface area contributed by atoms with Gasteiger partial charge in [-0.2, -0.15) is 0 Å². The molecule has 0 atom stereocenters. The molecule has 2 aliphatic heterocycles. The Kier molecular flexibility index (Phi) is 5.37. The van der Waals surface area contributed by atoms with Crippen LogP contribution in [0.2, 0.25) is 0 Å². The number of carbonyl (C=O) groups excluding carboxylic acids is 1. The minimum absolute atomic E-state index is 0.158. The van der Waals surface area contributed by atoms with E-state index in [0.29, 0.717) is 6.04 Å². The molecule has 6 heteroatoms. The van der Waals surface area contributed by atoms with E-state index in [1.807, 2.05) is 4.90 Å². The lowest BCUT2D eigenvalue weighted by molar-refractivity contribution is -0.138. The SMILES string of the molecule is CNC(=O)C1CCN(C2CCN(CC(=O)O)CC2)CC1. The fourth-order valence-corrected chi connectivity index (χ4v) is 3.36. The van der Waals surface area contributed by atoms with Crippen molar-refractivity contribution in [3.05, 3.63) is 0 Å². The van der Waals surface area contributed by atoms with Crippen LogP contribution >= 0.6 is 0 Å². The van der Waals surface area contributed by atoms with Gasteiger partial charge in [0.15, 0.2) is 0 Å². The number of carbonyl (C=O) groups is 2. The molecule has 2 N–H and O–H groups in total. The molecule has 0 aliphatic carbocycles. The Labute approximate surface area is 120 Å². The number of carboxylic acids is 1. The van der Waals surface area contributed by atoms with Crippen LogP contribution in [0, 0.1) is 5.92 Å². The van der Waals surface area contributed by atoms with Gasteiger partial charge in [-0.3, -0.25) is 14.5 Å². The van der Waals surface area contributed by atoms with Gasteiger partial charge in [-0.05, 0) is 38.8 Å². The summed E-state index contributed by atoms with van der Waals surface area (Å²) in [5, 5.41) is 11.5. The van der Waals surface area contributed by atoms with Gasteiger partial charge in [0.25, 0.3) is 0 Å². The molecular formula is C14H25N3O3.